The number of nitrogens with zero attached hydrogens (tertiary/aromatic N) is 3. The largest absolute Gasteiger partial charge is 0.337 e. The Hall–Kier alpha value is -1.93. The highest BCUT2D eigenvalue weighted by molar-refractivity contribution is 7.94. The van der Waals surface area contributed by atoms with Crippen LogP contribution in [0.15, 0.2) is 29.6 Å². The Morgan fingerprint density at radius 3 is 2.54 bits per heavy atom. The number of benzene rings is 1. The molecular formula is C20H25N3O3S2. The number of amides is 1. The molecule has 8 heteroatoms. The maximum absolute atomic E-state index is 13.6. The van der Waals surface area contributed by atoms with Gasteiger partial charge in [-0.2, -0.15) is 0 Å². The second-order valence-corrected chi connectivity index (χ2v) is 11.2. The van der Waals surface area contributed by atoms with Gasteiger partial charge in [0.05, 0.1) is 10.7 Å². The van der Waals surface area contributed by atoms with Gasteiger partial charge in [0.1, 0.15) is 10.4 Å². The van der Waals surface area contributed by atoms with E-state index in [1.165, 1.54) is 11.3 Å². The van der Waals surface area contributed by atoms with E-state index < -0.39 is 14.8 Å². The number of thiazole rings is 1. The first-order valence-electron chi connectivity index (χ1n) is 9.59. The van der Waals surface area contributed by atoms with Crippen molar-refractivity contribution < 1.29 is 13.2 Å². The van der Waals surface area contributed by atoms with E-state index in [0.29, 0.717) is 38.2 Å². The summed E-state index contributed by atoms with van der Waals surface area (Å²) in [4.78, 5) is 18.8. The molecule has 28 heavy (non-hydrogen) atoms. The Morgan fingerprint density at radius 1 is 1.25 bits per heavy atom. The molecule has 0 atom stereocenters. The minimum atomic E-state index is -3.53. The molecule has 1 fully saturated rings. The molecule has 1 spiro atoms. The van der Waals surface area contributed by atoms with Gasteiger partial charge < -0.3 is 4.90 Å². The molecule has 6 nitrogen and oxygen atoms in total. The van der Waals surface area contributed by atoms with Crippen molar-refractivity contribution in [1.82, 2.24) is 9.88 Å². The van der Waals surface area contributed by atoms with Crippen molar-refractivity contribution in [2.24, 2.45) is 5.92 Å². The molecule has 1 aromatic carbocycles. The number of aromatic nitrogens is 1. The maximum Gasteiger partial charge on any atom is 0.273 e. The minimum Gasteiger partial charge on any atom is -0.337 e. The average Bonchev–Trinajstić information content (AvgIpc) is 3.17. The van der Waals surface area contributed by atoms with E-state index in [-0.39, 0.29) is 11.8 Å². The molecule has 1 amide bonds. The first-order valence-corrected chi connectivity index (χ1v) is 11.9. The third-order valence-corrected chi connectivity index (χ3v) is 8.99. The third-order valence-electron chi connectivity index (χ3n) is 5.67. The van der Waals surface area contributed by atoms with Crippen LogP contribution >= 0.6 is 11.3 Å². The van der Waals surface area contributed by atoms with Gasteiger partial charge in [-0.1, -0.05) is 32.0 Å². The number of carbonyl (C=O) groups is 1. The van der Waals surface area contributed by atoms with Gasteiger partial charge in [0.2, 0.25) is 10.0 Å². The van der Waals surface area contributed by atoms with Gasteiger partial charge >= 0.3 is 0 Å². The first-order chi connectivity index (χ1) is 13.3. The van der Waals surface area contributed by atoms with Gasteiger partial charge in [0.25, 0.3) is 5.91 Å². The zero-order chi connectivity index (χ0) is 20.1. The lowest BCUT2D eigenvalue weighted by molar-refractivity contribution is 0.0695. The number of hydrogen-bond donors (Lipinski definition) is 0. The van der Waals surface area contributed by atoms with E-state index in [0.717, 1.165) is 16.3 Å². The lowest BCUT2D eigenvalue weighted by Gasteiger charge is -2.39. The molecule has 4 rings (SSSR count). The summed E-state index contributed by atoms with van der Waals surface area (Å²) >= 11 is 1.45. The van der Waals surface area contributed by atoms with Gasteiger partial charge in [-0.3, -0.25) is 9.10 Å². The van der Waals surface area contributed by atoms with Crippen LogP contribution in [0.25, 0.3) is 0 Å². The highest BCUT2D eigenvalue weighted by Gasteiger charge is 2.57. The molecular weight excluding hydrogens is 394 g/mol. The van der Waals surface area contributed by atoms with E-state index in [1.54, 1.807) is 14.6 Å². The molecule has 3 heterocycles. The van der Waals surface area contributed by atoms with Crippen LogP contribution in [0.4, 0.5) is 5.69 Å². The topological polar surface area (TPSA) is 70.6 Å². The number of likely N-dealkylation sites (tertiary alicyclic amines) is 1. The molecule has 0 radical (unpaired) electrons. The highest BCUT2D eigenvalue weighted by Crippen LogP contribution is 2.52. The molecule has 0 saturated carbocycles. The van der Waals surface area contributed by atoms with E-state index in [4.69, 9.17) is 0 Å². The van der Waals surface area contributed by atoms with Crippen molar-refractivity contribution in [2.75, 3.05) is 23.9 Å². The quantitative estimate of drug-likeness (QED) is 0.765. The van der Waals surface area contributed by atoms with Crippen LogP contribution in [-0.4, -0.2) is 43.8 Å². The van der Waals surface area contributed by atoms with E-state index in [2.05, 4.69) is 4.98 Å². The van der Waals surface area contributed by atoms with Gasteiger partial charge in [-0.15, -0.1) is 11.3 Å². The summed E-state index contributed by atoms with van der Waals surface area (Å²) < 4.78 is 27.9. The first kappa shape index (κ1) is 19.4. The number of rotatable bonds is 3. The highest BCUT2D eigenvalue weighted by atomic mass is 32.2. The smallest absolute Gasteiger partial charge is 0.273 e. The Kier molecular flexibility index (Phi) is 4.74. The molecule has 0 aliphatic carbocycles. The van der Waals surface area contributed by atoms with Crippen LogP contribution in [0, 0.1) is 12.8 Å². The summed E-state index contributed by atoms with van der Waals surface area (Å²) in [7, 11) is -3.53. The van der Waals surface area contributed by atoms with Crippen LogP contribution in [0.5, 0.6) is 0 Å². The van der Waals surface area contributed by atoms with E-state index in [9.17, 15) is 13.2 Å². The normalized spacial score (nSPS) is 20.0. The van der Waals surface area contributed by atoms with Crippen molar-refractivity contribution in [3.8, 4) is 0 Å². The molecule has 0 bridgehead atoms. The molecule has 150 valence electrons. The number of carbonyl (C=O) groups excluding carboxylic acids is 1. The lowest BCUT2D eigenvalue weighted by atomic mass is 9.87. The second-order valence-electron chi connectivity index (χ2n) is 7.99. The lowest BCUT2D eigenvalue weighted by Crippen LogP contribution is -2.50. The fraction of sp³-hybridized carbons (Fsp3) is 0.500. The number of fused-ring (bicyclic) bond motifs is 2. The van der Waals surface area contributed by atoms with Crippen LogP contribution < -0.4 is 4.31 Å². The fourth-order valence-electron chi connectivity index (χ4n) is 4.31. The third kappa shape index (κ3) is 2.85. The molecule has 1 aromatic heterocycles. The number of hydrogen-bond acceptors (Lipinski definition) is 5. The molecule has 2 aliphatic rings. The number of piperidine rings is 1. The summed E-state index contributed by atoms with van der Waals surface area (Å²) in [6.07, 6.45) is 0.825. The number of sulfonamides is 1. The average molecular weight is 420 g/mol. The van der Waals surface area contributed by atoms with Crippen LogP contribution in [0.3, 0.4) is 0 Å². The van der Waals surface area contributed by atoms with Crippen molar-refractivity contribution in [3.05, 3.63) is 45.9 Å². The number of para-hydroxylation sites is 1. The summed E-state index contributed by atoms with van der Waals surface area (Å²) in [6.45, 7) is 7.23. The van der Waals surface area contributed by atoms with Crippen molar-refractivity contribution >= 4 is 33.0 Å². The van der Waals surface area contributed by atoms with Crippen LogP contribution in [-0.2, 0) is 14.8 Å². The zero-order valence-electron chi connectivity index (χ0n) is 16.4. The number of aryl methyl sites for hydroxylation is 1. The second kappa shape index (κ2) is 6.84. The van der Waals surface area contributed by atoms with Crippen molar-refractivity contribution in [2.45, 2.75) is 38.4 Å². The summed E-state index contributed by atoms with van der Waals surface area (Å²) in [5, 5.41) is 2.63. The van der Waals surface area contributed by atoms with Gasteiger partial charge in [-0.25, -0.2) is 13.4 Å². The standard InChI is InChI=1S/C20H25N3O3S2/c1-14(2)12-23-18-7-5-4-6-16(18)20(28(23,25)26)8-10-22(11-9-20)19(24)17-13-27-15(3)21-17/h4-7,13-14H,8-12H2,1-3H3. The Labute approximate surface area is 170 Å². The zero-order valence-corrected chi connectivity index (χ0v) is 18.0. The molecule has 0 unspecified atom stereocenters. The Morgan fingerprint density at radius 2 is 1.93 bits per heavy atom. The minimum absolute atomic E-state index is 0.109. The summed E-state index contributed by atoms with van der Waals surface area (Å²) in [5.41, 5.74) is 2.13. The summed E-state index contributed by atoms with van der Waals surface area (Å²) in [5.74, 6) is 0.120. The van der Waals surface area contributed by atoms with E-state index in [1.807, 2.05) is 45.0 Å². The molecule has 0 N–H and O–H groups in total. The molecule has 2 aromatic rings. The Bertz CT molecular complexity index is 1010. The predicted octanol–water partition coefficient (Wildman–Crippen LogP) is 3.39. The monoisotopic (exact) mass is 419 g/mol. The van der Waals surface area contributed by atoms with E-state index >= 15 is 0 Å². The van der Waals surface area contributed by atoms with Gasteiger partial charge in [0, 0.05) is 25.0 Å². The summed E-state index contributed by atoms with van der Waals surface area (Å²) in [6, 6.07) is 7.64. The molecule has 1 saturated heterocycles. The molecule has 2 aliphatic heterocycles. The van der Waals surface area contributed by atoms with Gasteiger partial charge in [-0.05, 0) is 37.3 Å². The Balaban J connectivity index is 1.64. The maximum atomic E-state index is 13.6. The van der Waals surface area contributed by atoms with Gasteiger partial charge in [0.15, 0.2) is 0 Å². The fourth-order valence-corrected chi connectivity index (χ4v) is 7.38. The van der Waals surface area contributed by atoms with Crippen molar-refractivity contribution in [1.29, 1.82) is 0 Å². The number of anilines is 1. The predicted molar refractivity (Wildman–Crippen MR) is 111 cm³/mol. The van der Waals surface area contributed by atoms with Crippen LogP contribution in [0.2, 0.25) is 0 Å². The van der Waals surface area contributed by atoms with Crippen molar-refractivity contribution in [3.63, 3.8) is 0 Å². The van der Waals surface area contributed by atoms with Crippen LogP contribution in [0.1, 0.15) is 47.7 Å². The SMILES string of the molecule is Cc1nc(C(=O)N2CCC3(CC2)c2ccccc2N(CC(C)C)S3(=O)=O)cs1.